The Morgan fingerprint density at radius 3 is 2.55 bits per heavy atom. The Balaban J connectivity index is 2.06. The van der Waals surface area contributed by atoms with Gasteiger partial charge in [0.2, 0.25) is 11.5 Å². The fourth-order valence-electron chi connectivity index (χ4n) is 3.63. The number of nitrogens with one attached hydrogen (secondary N) is 1. The van der Waals surface area contributed by atoms with Crippen LogP contribution in [-0.4, -0.2) is 20.8 Å². The molecule has 4 aromatic rings. The number of carbonyl (C=O) groups is 1. The van der Waals surface area contributed by atoms with Gasteiger partial charge in [-0.15, -0.1) is 0 Å². The topological polar surface area (TPSA) is 93.4 Å². The van der Waals surface area contributed by atoms with Crippen LogP contribution in [-0.2, 0) is 6.54 Å². The average molecular weight is 417 g/mol. The zero-order valence-electron chi connectivity index (χ0n) is 18.1. The van der Waals surface area contributed by atoms with Gasteiger partial charge in [-0.2, -0.15) is 0 Å². The van der Waals surface area contributed by atoms with Gasteiger partial charge < -0.3 is 11.1 Å². The van der Waals surface area contributed by atoms with Crippen LogP contribution in [0.15, 0.2) is 59.5 Å². The third-order valence-corrected chi connectivity index (χ3v) is 5.09. The number of nitrogen functional groups attached to an aromatic ring is 1. The third-order valence-electron chi connectivity index (χ3n) is 5.09. The molecule has 158 valence electrons. The first-order valence-corrected chi connectivity index (χ1v) is 10.2. The summed E-state index contributed by atoms with van der Waals surface area (Å²) in [6.45, 7) is 7.98. The Morgan fingerprint density at radius 1 is 1.16 bits per heavy atom. The number of pyridine rings is 2. The lowest BCUT2D eigenvalue weighted by Crippen LogP contribution is -2.45. The monoisotopic (exact) mass is 416 g/mol. The first-order valence-electron chi connectivity index (χ1n) is 10.2. The van der Waals surface area contributed by atoms with Gasteiger partial charge in [-0.25, -0.2) is 4.57 Å². The maximum absolute atomic E-state index is 13.4. The normalized spacial score (nSPS) is 11.7. The molecule has 0 atom stereocenters. The molecule has 7 heteroatoms. The van der Waals surface area contributed by atoms with Crippen molar-refractivity contribution in [2.24, 2.45) is 0 Å². The summed E-state index contributed by atoms with van der Waals surface area (Å²) >= 11 is 0. The maximum atomic E-state index is 13.4. The van der Waals surface area contributed by atoms with Gasteiger partial charge in [-0.05, 0) is 45.4 Å². The van der Waals surface area contributed by atoms with Crippen molar-refractivity contribution >= 4 is 28.4 Å². The number of carbonyl (C=O) groups excluding carboxylic acids is 1. The van der Waals surface area contributed by atoms with E-state index in [0.717, 1.165) is 11.1 Å². The quantitative estimate of drug-likeness (QED) is 0.397. The van der Waals surface area contributed by atoms with Crippen LogP contribution in [0.2, 0.25) is 0 Å². The molecule has 3 heterocycles. The minimum atomic E-state index is -0.448. The smallest absolute Gasteiger partial charge is 0.278 e. The van der Waals surface area contributed by atoms with E-state index in [1.807, 2.05) is 64.1 Å². The number of amides is 1. The minimum absolute atomic E-state index is 0.240. The van der Waals surface area contributed by atoms with Gasteiger partial charge >= 0.3 is 0 Å². The van der Waals surface area contributed by atoms with Crippen molar-refractivity contribution in [1.82, 2.24) is 14.7 Å². The van der Waals surface area contributed by atoms with Crippen LogP contribution in [0.3, 0.4) is 0 Å². The lowest BCUT2D eigenvalue weighted by Gasteiger charge is -2.21. The number of nitrogens with zero attached hydrogens (tertiary/aromatic N) is 3. The Labute approximate surface area is 180 Å². The van der Waals surface area contributed by atoms with E-state index in [-0.39, 0.29) is 22.8 Å². The molecule has 7 nitrogen and oxygen atoms in total. The minimum Gasteiger partial charge on any atom is -0.347 e. The number of rotatable bonds is 3. The van der Waals surface area contributed by atoms with Crippen molar-refractivity contribution < 1.29 is 9.36 Å². The van der Waals surface area contributed by atoms with E-state index in [2.05, 4.69) is 5.32 Å². The number of benzene rings is 1. The van der Waals surface area contributed by atoms with Crippen LogP contribution < -0.4 is 21.2 Å². The van der Waals surface area contributed by atoms with Crippen LogP contribution in [0.25, 0.3) is 16.7 Å². The predicted octanol–water partition coefficient (Wildman–Crippen LogP) is 2.60. The first-order chi connectivity index (χ1) is 14.7. The molecular formula is C24H26N5O2+. The summed E-state index contributed by atoms with van der Waals surface area (Å²) in [5.41, 5.74) is 8.95. The Hall–Kier alpha value is -3.74. The molecule has 3 N–H and O–H groups in total. The summed E-state index contributed by atoms with van der Waals surface area (Å²) in [5.74, 6) is -0.0645. The van der Waals surface area contributed by atoms with Gasteiger partial charge in [-0.1, -0.05) is 41.4 Å². The second kappa shape index (κ2) is 7.50. The van der Waals surface area contributed by atoms with Gasteiger partial charge in [0.1, 0.15) is 10.9 Å². The molecule has 0 aliphatic heterocycles. The Kier molecular flexibility index (Phi) is 4.97. The van der Waals surface area contributed by atoms with Crippen LogP contribution in [0.5, 0.6) is 0 Å². The molecule has 0 fully saturated rings. The van der Waals surface area contributed by atoms with Gasteiger partial charge in [0, 0.05) is 17.3 Å². The second-order valence-corrected chi connectivity index (χ2v) is 8.76. The van der Waals surface area contributed by atoms with Gasteiger partial charge in [0.15, 0.2) is 0 Å². The van der Waals surface area contributed by atoms with Crippen molar-refractivity contribution in [3.05, 3.63) is 81.8 Å². The third kappa shape index (κ3) is 3.86. The van der Waals surface area contributed by atoms with E-state index in [9.17, 15) is 9.59 Å². The molecule has 1 aromatic carbocycles. The van der Waals surface area contributed by atoms with Crippen molar-refractivity contribution in [3.8, 4) is 0 Å². The number of hydrogen-bond acceptors (Lipinski definition) is 4. The highest BCUT2D eigenvalue weighted by Crippen LogP contribution is 2.17. The molecule has 0 radical (unpaired) electrons. The van der Waals surface area contributed by atoms with Gasteiger partial charge in [-0.3, -0.25) is 14.0 Å². The molecule has 0 saturated heterocycles. The highest BCUT2D eigenvalue weighted by molar-refractivity contribution is 6.00. The zero-order chi connectivity index (χ0) is 22.3. The van der Waals surface area contributed by atoms with Crippen LogP contribution in [0.4, 0.5) is 5.82 Å². The molecule has 0 unspecified atom stereocenters. The molecule has 1 amide bonds. The lowest BCUT2D eigenvalue weighted by atomic mass is 10.1. The summed E-state index contributed by atoms with van der Waals surface area (Å²) < 4.78 is 3.25. The van der Waals surface area contributed by atoms with Crippen LogP contribution in [0.1, 0.15) is 42.3 Å². The number of nitrogens with two attached hydrogens (primary N) is 1. The van der Waals surface area contributed by atoms with E-state index >= 15 is 0 Å². The fourth-order valence-corrected chi connectivity index (χ4v) is 3.63. The fraction of sp³-hybridized carbons (Fsp3) is 0.250. The van der Waals surface area contributed by atoms with Crippen molar-refractivity contribution in [2.45, 2.75) is 39.8 Å². The lowest BCUT2D eigenvalue weighted by molar-refractivity contribution is -0.649. The molecule has 0 saturated carbocycles. The predicted molar refractivity (Wildman–Crippen MR) is 121 cm³/mol. The van der Waals surface area contributed by atoms with E-state index in [0.29, 0.717) is 23.2 Å². The molecule has 31 heavy (non-hydrogen) atoms. The molecule has 3 aromatic heterocycles. The average Bonchev–Trinajstić information content (AvgIpc) is 2.70. The summed E-state index contributed by atoms with van der Waals surface area (Å²) in [6.07, 6.45) is 1.68. The molecule has 0 aliphatic rings. The Morgan fingerprint density at radius 2 is 1.87 bits per heavy atom. The van der Waals surface area contributed by atoms with Crippen molar-refractivity contribution in [1.29, 1.82) is 0 Å². The number of aromatic nitrogens is 3. The van der Waals surface area contributed by atoms with Gasteiger partial charge in [0.25, 0.3) is 17.1 Å². The highest BCUT2D eigenvalue weighted by atomic mass is 16.2. The highest BCUT2D eigenvalue weighted by Gasteiger charge is 2.26. The van der Waals surface area contributed by atoms with Crippen molar-refractivity contribution in [2.75, 3.05) is 5.73 Å². The summed E-state index contributed by atoms with van der Waals surface area (Å²) in [7, 11) is 0. The number of fused-ring (bicyclic) bond motifs is 2. The van der Waals surface area contributed by atoms with E-state index < -0.39 is 5.54 Å². The number of anilines is 1. The summed E-state index contributed by atoms with van der Waals surface area (Å²) in [6, 6.07) is 15.0. The standard InChI is InChI=1S/C24H25N5O2/c1-15-9-8-12-28-20(15)26-21-18(23(28)31)13-17(22(30)27-24(2,3)4)19(25)29(21)14-16-10-6-5-7-11-16/h5-13,25H,14H2,1-4H3,(H,27,30)/p+1. The number of hydrogen-bond donors (Lipinski definition) is 2. The molecule has 0 aliphatic carbocycles. The van der Waals surface area contributed by atoms with E-state index in [4.69, 9.17) is 10.7 Å². The molecule has 0 bridgehead atoms. The van der Waals surface area contributed by atoms with E-state index in [1.54, 1.807) is 22.9 Å². The Bertz CT molecular complexity index is 1370. The summed E-state index contributed by atoms with van der Waals surface area (Å²) in [5, 5.41) is 3.28. The summed E-state index contributed by atoms with van der Waals surface area (Å²) in [4.78, 5) is 31.2. The van der Waals surface area contributed by atoms with Crippen LogP contribution in [0, 0.1) is 6.92 Å². The van der Waals surface area contributed by atoms with Crippen molar-refractivity contribution in [3.63, 3.8) is 0 Å². The largest absolute Gasteiger partial charge is 0.347 e. The molecule has 4 rings (SSSR count). The maximum Gasteiger partial charge on any atom is 0.278 e. The van der Waals surface area contributed by atoms with Gasteiger partial charge in [0.05, 0.1) is 6.54 Å². The molecule has 0 spiro atoms. The molecular weight excluding hydrogens is 390 g/mol. The van der Waals surface area contributed by atoms with Crippen LogP contribution >= 0.6 is 0 Å². The first kappa shape index (κ1) is 20.5. The number of aryl methyl sites for hydroxylation is 1. The SMILES string of the molecule is Cc1cccn2c(=O)c3cc(C(=O)NC(C)(C)C)c(N)[n+](Cc4ccccc4)c3nc12. The van der Waals surface area contributed by atoms with E-state index in [1.165, 1.54) is 4.40 Å². The zero-order valence-corrected chi connectivity index (χ0v) is 18.1. The second-order valence-electron chi connectivity index (χ2n) is 8.76.